The van der Waals surface area contributed by atoms with Crippen molar-refractivity contribution in [2.24, 2.45) is 5.92 Å². The van der Waals surface area contributed by atoms with E-state index in [0.29, 0.717) is 35.7 Å². The fourth-order valence-corrected chi connectivity index (χ4v) is 4.19. The van der Waals surface area contributed by atoms with Crippen molar-refractivity contribution in [3.8, 4) is 0 Å². The fourth-order valence-electron chi connectivity index (χ4n) is 4.19. The summed E-state index contributed by atoms with van der Waals surface area (Å²) < 4.78 is 0. The number of H-pyrrole nitrogens is 1. The Morgan fingerprint density at radius 2 is 1.94 bits per heavy atom. The number of hydrogen-bond acceptors (Lipinski definition) is 5. The number of anilines is 1. The van der Waals surface area contributed by atoms with E-state index in [4.69, 9.17) is 0 Å². The van der Waals surface area contributed by atoms with Gasteiger partial charge in [-0.15, -0.1) is 0 Å². The van der Waals surface area contributed by atoms with Gasteiger partial charge >= 0.3 is 0 Å². The van der Waals surface area contributed by atoms with E-state index in [1.54, 1.807) is 6.07 Å². The molecular weight excluding hydrogens is 402 g/mol. The molecule has 32 heavy (non-hydrogen) atoms. The molecule has 7 heteroatoms. The first-order valence-electron chi connectivity index (χ1n) is 11.3. The van der Waals surface area contributed by atoms with Crippen molar-refractivity contribution >= 4 is 22.5 Å². The van der Waals surface area contributed by atoms with Crippen LogP contribution in [0.4, 0.5) is 5.69 Å². The van der Waals surface area contributed by atoms with Gasteiger partial charge in [-0.3, -0.25) is 14.5 Å². The summed E-state index contributed by atoms with van der Waals surface area (Å²) in [6.45, 7) is 7.42. The Bertz CT molecular complexity index is 1110. The summed E-state index contributed by atoms with van der Waals surface area (Å²) in [4.78, 5) is 36.9. The first-order chi connectivity index (χ1) is 15.5. The molecule has 1 aromatic heterocycles. The molecule has 0 aliphatic carbocycles. The normalized spacial score (nSPS) is 16.2. The van der Waals surface area contributed by atoms with Gasteiger partial charge in [-0.25, -0.2) is 4.98 Å². The number of fused-ring (bicyclic) bond motifs is 1. The van der Waals surface area contributed by atoms with Crippen LogP contribution in [0.1, 0.15) is 26.1 Å². The molecule has 0 bridgehead atoms. The lowest BCUT2D eigenvalue weighted by Crippen LogP contribution is -2.42. The van der Waals surface area contributed by atoms with Crippen molar-refractivity contribution in [1.29, 1.82) is 0 Å². The number of hydrogen-bond donors (Lipinski definition) is 2. The summed E-state index contributed by atoms with van der Waals surface area (Å²) in [5.74, 6) is 1.02. The molecule has 0 saturated carbocycles. The zero-order chi connectivity index (χ0) is 22.5. The molecule has 1 saturated heterocycles. The summed E-state index contributed by atoms with van der Waals surface area (Å²) in [6.07, 6.45) is 1.07. The molecule has 4 rings (SSSR count). The van der Waals surface area contributed by atoms with E-state index in [1.807, 2.05) is 43.0 Å². The molecule has 1 fully saturated rings. The Kier molecular flexibility index (Phi) is 6.85. The number of nitrogens with one attached hydrogen (secondary N) is 2. The topological polar surface area (TPSA) is 81.3 Å². The highest BCUT2D eigenvalue weighted by Gasteiger charge is 2.23. The lowest BCUT2D eigenvalue weighted by atomic mass is 10.1. The number of nitrogens with zero attached hydrogens (tertiary/aromatic N) is 3. The van der Waals surface area contributed by atoms with Crippen LogP contribution in [0.3, 0.4) is 0 Å². The standard InChI is InChI=1S/C25H31N5O2/c1-18(2)30(16-23-27-22-11-7-6-10-21(22)25(32)28-23)17-24(31)26-14-19-12-13-29(15-19)20-8-4-3-5-9-20/h3-11,18-19H,12-17H2,1-2H3,(H,26,31)(H,27,28,32). The molecule has 7 nitrogen and oxygen atoms in total. The van der Waals surface area contributed by atoms with E-state index in [-0.39, 0.29) is 24.1 Å². The van der Waals surface area contributed by atoms with Crippen molar-refractivity contribution in [2.75, 3.05) is 31.1 Å². The van der Waals surface area contributed by atoms with E-state index >= 15 is 0 Å². The Balaban J connectivity index is 1.31. The number of benzene rings is 2. The monoisotopic (exact) mass is 433 g/mol. The lowest BCUT2D eigenvalue weighted by Gasteiger charge is -2.25. The largest absolute Gasteiger partial charge is 0.371 e. The van der Waals surface area contributed by atoms with Crippen molar-refractivity contribution < 1.29 is 4.79 Å². The Labute approximate surface area is 188 Å². The second-order valence-electron chi connectivity index (χ2n) is 8.77. The molecule has 2 heterocycles. The van der Waals surface area contributed by atoms with Gasteiger partial charge in [0, 0.05) is 31.4 Å². The second kappa shape index (κ2) is 9.96. The summed E-state index contributed by atoms with van der Waals surface area (Å²) in [6, 6.07) is 17.8. The Hall–Kier alpha value is -3.19. The second-order valence-corrected chi connectivity index (χ2v) is 8.77. The van der Waals surface area contributed by atoms with Crippen LogP contribution in [0.15, 0.2) is 59.4 Å². The quantitative estimate of drug-likeness (QED) is 0.571. The molecule has 2 N–H and O–H groups in total. The van der Waals surface area contributed by atoms with Gasteiger partial charge in [0.2, 0.25) is 5.91 Å². The minimum atomic E-state index is -0.150. The van der Waals surface area contributed by atoms with Crippen LogP contribution < -0.4 is 15.8 Å². The van der Waals surface area contributed by atoms with Crippen LogP contribution >= 0.6 is 0 Å². The highest BCUT2D eigenvalue weighted by atomic mass is 16.2. The average molecular weight is 434 g/mol. The van der Waals surface area contributed by atoms with E-state index in [2.05, 4.69) is 44.5 Å². The van der Waals surface area contributed by atoms with Crippen LogP contribution in [0.2, 0.25) is 0 Å². The predicted molar refractivity (Wildman–Crippen MR) is 128 cm³/mol. The summed E-state index contributed by atoms with van der Waals surface area (Å²) in [5, 5.41) is 3.68. The Morgan fingerprint density at radius 3 is 2.72 bits per heavy atom. The molecule has 3 aromatic rings. The van der Waals surface area contributed by atoms with Gasteiger partial charge in [0.15, 0.2) is 0 Å². The average Bonchev–Trinajstić information content (AvgIpc) is 3.27. The van der Waals surface area contributed by atoms with Crippen LogP contribution in [0.5, 0.6) is 0 Å². The van der Waals surface area contributed by atoms with Crippen LogP contribution in [0, 0.1) is 5.92 Å². The number of para-hydroxylation sites is 2. The number of aromatic amines is 1. The first kappa shape index (κ1) is 22.0. The van der Waals surface area contributed by atoms with Gasteiger partial charge in [0.05, 0.1) is 24.0 Å². The molecule has 1 amide bonds. The summed E-state index contributed by atoms with van der Waals surface area (Å²) >= 11 is 0. The molecule has 1 aliphatic heterocycles. The van der Waals surface area contributed by atoms with Crippen molar-refractivity contribution in [3.05, 3.63) is 70.8 Å². The van der Waals surface area contributed by atoms with Gasteiger partial charge in [0.1, 0.15) is 5.82 Å². The van der Waals surface area contributed by atoms with E-state index < -0.39 is 0 Å². The smallest absolute Gasteiger partial charge is 0.258 e. The molecule has 168 valence electrons. The SMILES string of the molecule is CC(C)N(CC(=O)NCC1CCN(c2ccccc2)C1)Cc1nc2ccccc2c(=O)[nH]1. The number of amides is 1. The van der Waals surface area contributed by atoms with Gasteiger partial charge in [0.25, 0.3) is 5.56 Å². The molecular formula is C25H31N5O2. The van der Waals surface area contributed by atoms with Crippen molar-refractivity contribution in [3.63, 3.8) is 0 Å². The fraction of sp³-hybridized carbons (Fsp3) is 0.400. The summed E-state index contributed by atoms with van der Waals surface area (Å²) in [7, 11) is 0. The minimum Gasteiger partial charge on any atom is -0.371 e. The lowest BCUT2D eigenvalue weighted by molar-refractivity contribution is -0.123. The van der Waals surface area contributed by atoms with E-state index in [1.165, 1.54) is 5.69 Å². The van der Waals surface area contributed by atoms with Gasteiger partial charge in [-0.1, -0.05) is 30.3 Å². The third-order valence-corrected chi connectivity index (χ3v) is 6.09. The van der Waals surface area contributed by atoms with Crippen molar-refractivity contribution in [1.82, 2.24) is 20.2 Å². The first-order valence-corrected chi connectivity index (χ1v) is 11.3. The van der Waals surface area contributed by atoms with E-state index in [0.717, 1.165) is 19.5 Å². The summed E-state index contributed by atoms with van der Waals surface area (Å²) in [5.41, 5.74) is 1.76. The molecule has 1 aliphatic rings. The molecule has 0 spiro atoms. The number of aromatic nitrogens is 2. The predicted octanol–water partition coefficient (Wildman–Crippen LogP) is 2.78. The van der Waals surface area contributed by atoms with Crippen molar-refractivity contribution in [2.45, 2.75) is 32.9 Å². The van der Waals surface area contributed by atoms with Crippen LogP contribution in [0.25, 0.3) is 10.9 Å². The maximum atomic E-state index is 12.7. The number of carbonyl (C=O) groups excluding carboxylic acids is 1. The zero-order valence-electron chi connectivity index (χ0n) is 18.8. The van der Waals surface area contributed by atoms with Crippen LogP contribution in [-0.4, -0.2) is 53.0 Å². The van der Waals surface area contributed by atoms with Crippen LogP contribution in [-0.2, 0) is 11.3 Å². The maximum Gasteiger partial charge on any atom is 0.258 e. The van der Waals surface area contributed by atoms with Gasteiger partial charge < -0.3 is 15.2 Å². The minimum absolute atomic E-state index is 0.00000257. The molecule has 1 atom stereocenters. The highest BCUT2D eigenvalue weighted by Crippen LogP contribution is 2.23. The third-order valence-electron chi connectivity index (χ3n) is 6.09. The Morgan fingerprint density at radius 1 is 1.19 bits per heavy atom. The number of rotatable bonds is 8. The third kappa shape index (κ3) is 5.34. The molecule has 0 radical (unpaired) electrons. The van der Waals surface area contributed by atoms with Gasteiger partial charge in [-0.2, -0.15) is 0 Å². The zero-order valence-corrected chi connectivity index (χ0v) is 18.8. The highest BCUT2D eigenvalue weighted by molar-refractivity contribution is 5.78. The maximum absolute atomic E-state index is 12.7. The molecule has 1 unspecified atom stereocenters. The van der Waals surface area contributed by atoms with Gasteiger partial charge in [-0.05, 0) is 50.5 Å². The molecule has 2 aromatic carbocycles. The van der Waals surface area contributed by atoms with E-state index in [9.17, 15) is 9.59 Å². The number of carbonyl (C=O) groups is 1.